The van der Waals surface area contributed by atoms with E-state index in [9.17, 15) is 9.59 Å². The summed E-state index contributed by atoms with van der Waals surface area (Å²) in [6, 6.07) is 6.36. The fraction of sp³-hybridized carbons (Fsp3) is 0.389. The average Bonchev–Trinajstić information content (AvgIpc) is 3.43. The van der Waals surface area contributed by atoms with Crippen LogP contribution < -0.4 is 20.9 Å². The Hall–Kier alpha value is -2.83. The van der Waals surface area contributed by atoms with E-state index in [4.69, 9.17) is 4.74 Å². The average molecular weight is 342 g/mol. The summed E-state index contributed by atoms with van der Waals surface area (Å²) >= 11 is 0. The van der Waals surface area contributed by atoms with E-state index < -0.39 is 0 Å². The van der Waals surface area contributed by atoms with E-state index in [1.165, 1.54) is 18.9 Å². The Morgan fingerprint density at radius 3 is 2.92 bits per heavy atom. The molecule has 2 aromatic heterocycles. The Bertz CT molecular complexity index is 768. The van der Waals surface area contributed by atoms with Crippen LogP contribution in [0.15, 0.2) is 41.5 Å². The van der Waals surface area contributed by atoms with Crippen molar-refractivity contribution in [2.24, 2.45) is 5.92 Å². The first-order valence-corrected chi connectivity index (χ1v) is 8.41. The Morgan fingerprint density at radius 1 is 1.40 bits per heavy atom. The van der Waals surface area contributed by atoms with E-state index in [0.29, 0.717) is 18.3 Å². The Labute approximate surface area is 145 Å². The number of pyridine rings is 2. The van der Waals surface area contributed by atoms with Crippen LogP contribution in [0.5, 0.6) is 5.88 Å². The molecule has 132 valence electrons. The smallest absolute Gasteiger partial charge is 0.315 e. The molecule has 2 heterocycles. The van der Waals surface area contributed by atoms with Crippen LogP contribution in [0.3, 0.4) is 0 Å². The summed E-state index contributed by atoms with van der Waals surface area (Å²) in [4.78, 5) is 30.1. The fourth-order valence-corrected chi connectivity index (χ4v) is 2.33. The van der Waals surface area contributed by atoms with Crippen LogP contribution in [0, 0.1) is 5.92 Å². The third kappa shape index (κ3) is 5.34. The summed E-state index contributed by atoms with van der Waals surface area (Å²) in [7, 11) is 0. The van der Waals surface area contributed by atoms with Crippen molar-refractivity contribution in [3.05, 3.63) is 58.1 Å². The van der Waals surface area contributed by atoms with Gasteiger partial charge in [0.1, 0.15) is 0 Å². The summed E-state index contributed by atoms with van der Waals surface area (Å²) in [5.74, 6) is 1.30. The largest absolute Gasteiger partial charge is 0.477 e. The molecule has 7 nitrogen and oxygen atoms in total. The van der Waals surface area contributed by atoms with Crippen molar-refractivity contribution < 1.29 is 9.53 Å². The Balaban J connectivity index is 1.44. The van der Waals surface area contributed by atoms with Gasteiger partial charge >= 0.3 is 6.03 Å². The number of hydrogen-bond acceptors (Lipinski definition) is 4. The Kier molecular flexibility index (Phi) is 5.33. The normalized spacial score (nSPS) is 14.6. The van der Waals surface area contributed by atoms with Crippen LogP contribution >= 0.6 is 0 Å². The lowest BCUT2D eigenvalue weighted by atomic mass is 10.1. The molecular formula is C18H22N4O3. The molecule has 1 aliphatic carbocycles. The molecule has 0 aliphatic heterocycles. The maximum atomic E-state index is 12.0. The number of nitrogens with zero attached hydrogens (tertiary/aromatic N) is 1. The van der Waals surface area contributed by atoms with Gasteiger partial charge in [-0.1, -0.05) is 6.07 Å². The van der Waals surface area contributed by atoms with Gasteiger partial charge in [0.2, 0.25) is 11.4 Å². The van der Waals surface area contributed by atoms with Gasteiger partial charge in [0.05, 0.1) is 12.6 Å². The molecule has 0 spiro atoms. The summed E-state index contributed by atoms with van der Waals surface area (Å²) in [6.45, 7) is 2.92. The molecule has 0 bridgehead atoms. The number of urea groups is 1. The maximum Gasteiger partial charge on any atom is 0.315 e. The predicted molar refractivity (Wildman–Crippen MR) is 93.3 cm³/mol. The topological polar surface area (TPSA) is 96.1 Å². The van der Waals surface area contributed by atoms with Gasteiger partial charge in [0.25, 0.3) is 0 Å². The van der Waals surface area contributed by atoms with Crippen molar-refractivity contribution in [3.63, 3.8) is 0 Å². The van der Waals surface area contributed by atoms with Crippen LogP contribution in [0.4, 0.5) is 4.79 Å². The van der Waals surface area contributed by atoms with Gasteiger partial charge in [0, 0.05) is 31.1 Å². The second kappa shape index (κ2) is 7.83. The van der Waals surface area contributed by atoms with Gasteiger partial charge in [-0.15, -0.1) is 0 Å². The second-order valence-electron chi connectivity index (χ2n) is 6.29. The number of aromatic amines is 1. The number of H-pyrrole nitrogens is 1. The van der Waals surface area contributed by atoms with Crippen molar-refractivity contribution in [2.75, 3.05) is 6.61 Å². The molecule has 3 N–H and O–H groups in total. The molecule has 3 rings (SSSR count). The van der Waals surface area contributed by atoms with Crippen molar-refractivity contribution in [3.8, 4) is 5.88 Å². The molecule has 0 radical (unpaired) electrons. The first-order chi connectivity index (χ1) is 12.1. The molecule has 0 aromatic carbocycles. The van der Waals surface area contributed by atoms with Crippen LogP contribution in [-0.4, -0.2) is 22.6 Å². The third-order valence-electron chi connectivity index (χ3n) is 4.06. The molecule has 1 aliphatic rings. The first-order valence-electron chi connectivity index (χ1n) is 8.41. The molecule has 25 heavy (non-hydrogen) atoms. The molecule has 2 amide bonds. The minimum atomic E-state index is -0.304. The van der Waals surface area contributed by atoms with Crippen molar-refractivity contribution >= 4 is 6.03 Å². The molecule has 7 heteroatoms. The number of nitrogens with one attached hydrogen (secondary N) is 3. The van der Waals surface area contributed by atoms with Gasteiger partial charge in [-0.25, -0.2) is 9.78 Å². The van der Waals surface area contributed by atoms with E-state index in [2.05, 4.69) is 20.6 Å². The highest BCUT2D eigenvalue weighted by Gasteiger charge is 2.22. The zero-order valence-electron chi connectivity index (χ0n) is 14.1. The quantitative estimate of drug-likeness (QED) is 0.718. The zero-order valence-corrected chi connectivity index (χ0v) is 14.1. The van der Waals surface area contributed by atoms with Crippen molar-refractivity contribution in [1.29, 1.82) is 0 Å². The summed E-state index contributed by atoms with van der Waals surface area (Å²) in [6.07, 6.45) is 5.74. The van der Waals surface area contributed by atoms with E-state index in [0.717, 1.165) is 17.7 Å². The summed E-state index contributed by atoms with van der Waals surface area (Å²) < 4.78 is 5.58. The molecule has 1 saturated carbocycles. The first kappa shape index (κ1) is 17.0. The van der Waals surface area contributed by atoms with Crippen LogP contribution in [0.25, 0.3) is 0 Å². The highest BCUT2D eigenvalue weighted by Crippen LogP contribution is 2.29. The third-order valence-corrected chi connectivity index (χ3v) is 4.06. The number of amides is 2. The van der Waals surface area contributed by atoms with Gasteiger partial charge in [-0.2, -0.15) is 0 Å². The number of aromatic nitrogens is 2. The molecule has 1 atom stereocenters. The molecule has 2 aromatic rings. The second-order valence-corrected chi connectivity index (χ2v) is 6.29. The number of rotatable bonds is 7. The van der Waals surface area contributed by atoms with Gasteiger partial charge in [-0.3, -0.25) is 4.79 Å². The molecule has 0 saturated heterocycles. The minimum absolute atomic E-state index is 0.193. The highest BCUT2D eigenvalue weighted by molar-refractivity contribution is 5.74. The monoisotopic (exact) mass is 342 g/mol. The lowest BCUT2D eigenvalue weighted by molar-refractivity contribution is 0.237. The highest BCUT2D eigenvalue weighted by atomic mass is 16.5. The van der Waals surface area contributed by atoms with Gasteiger partial charge in [-0.05, 0) is 42.9 Å². The minimum Gasteiger partial charge on any atom is -0.477 e. The lowest BCUT2D eigenvalue weighted by Crippen LogP contribution is -2.36. The van der Waals surface area contributed by atoms with Crippen molar-refractivity contribution in [2.45, 2.75) is 32.4 Å². The van der Waals surface area contributed by atoms with Crippen molar-refractivity contribution in [1.82, 2.24) is 20.6 Å². The zero-order chi connectivity index (χ0) is 17.6. The SMILES string of the molecule is CC(NC(=O)NCc1ccc(OCC2CC2)nc1)c1cc[nH]c(=O)c1. The standard InChI is InChI=1S/C18H22N4O3/c1-12(15-6-7-19-16(23)8-15)22-18(24)21-10-14-4-5-17(20-9-14)25-11-13-2-3-13/h4-9,12-13H,2-3,10-11H2,1H3,(H,19,23)(H2,21,22,24). The number of carbonyl (C=O) groups excluding carboxylic acids is 1. The van der Waals surface area contributed by atoms with Crippen LogP contribution in [0.1, 0.15) is 36.9 Å². The van der Waals surface area contributed by atoms with E-state index >= 15 is 0 Å². The number of ether oxygens (including phenoxy) is 1. The maximum absolute atomic E-state index is 12.0. The molecular weight excluding hydrogens is 320 g/mol. The predicted octanol–water partition coefficient (Wildman–Crippen LogP) is 2.12. The summed E-state index contributed by atoms with van der Waals surface area (Å²) in [5, 5.41) is 5.57. The number of hydrogen-bond donors (Lipinski definition) is 3. The van der Waals surface area contributed by atoms with Crippen LogP contribution in [-0.2, 0) is 6.54 Å². The fourth-order valence-electron chi connectivity index (χ4n) is 2.33. The lowest BCUT2D eigenvalue weighted by Gasteiger charge is -2.14. The van der Waals surface area contributed by atoms with Gasteiger partial charge < -0.3 is 20.4 Å². The van der Waals surface area contributed by atoms with E-state index in [-0.39, 0.29) is 17.6 Å². The van der Waals surface area contributed by atoms with E-state index in [1.807, 2.05) is 19.1 Å². The summed E-state index contributed by atoms with van der Waals surface area (Å²) in [5.41, 5.74) is 1.44. The van der Waals surface area contributed by atoms with Gasteiger partial charge in [0.15, 0.2) is 0 Å². The number of carbonyl (C=O) groups is 1. The van der Waals surface area contributed by atoms with Crippen LogP contribution in [0.2, 0.25) is 0 Å². The molecule has 1 fully saturated rings. The Morgan fingerprint density at radius 2 is 2.24 bits per heavy atom. The molecule has 1 unspecified atom stereocenters. The van der Waals surface area contributed by atoms with E-state index in [1.54, 1.807) is 18.5 Å².